The Balaban J connectivity index is 2.87. The Labute approximate surface area is 105 Å². The van der Waals surface area contributed by atoms with Crippen LogP contribution in [-0.4, -0.2) is 37.0 Å². The molecule has 1 rings (SSSR count). The summed E-state index contributed by atoms with van der Waals surface area (Å²) in [6, 6.07) is 0. The molecule has 1 fully saturated rings. The smallest absolute Gasteiger partial charge is 0.230 e. The second-order valence-electron chi connectivity index (χ2n) is 5.51. The van der Waals surface area contributed by atoms with Crippen LogP contribution in [0.2, 0.25) is 0 Å². The second-order valence-corrected chi connectivity index (χ2v) is 5.51. The number of carbonyl (C=O) groups is 1. The Hall–Kier alpha value is -0.830. The summed E-state index contributed by atoms with van der Waals surface area (Å²) in [7, 11) is 0. The number of nitrogens with one attached hydrogen (secondary N) is 1. The van der Waals surface area contributed by atoms with Crippen molar-refractivity contribution in [3.8, 4) is 0 Å². The molecular formula is C14H26N2O. The zero-order chi connectivity index (χ0) is 13.1. The molecule has 1 aliphatic rings. The van der Waals surface area contributed by atoms with E-state index in [0.717, 1.165) is 31.6 Å². The molecule has 0 saturated carbocycles. The molecule has 1 saturated heterocycles. The lowest BCUT2D eigenvalue weighted by molar-refractivity contribution is -0.143. The lowest BCUT2D eigenvalue weighted by atomic mass is 9.75. The van der Waals surface area contributed by atoms with Crippen LogP contribution in [0.1, 0.15) is 34.1 Å². The summed E-state index contributed by atoms with van der Waals surface area (Å²) in [4.78, 5) is 14.7. The summed E-state index contributed by atoms with van der Waals surface area (Å²) in [5.74, 6) is 0.673. The Morgan fingerprint density at radius 2 is 2.18 bits per heavy atom. The maximum atomic E-state index is 12.7. The highest BCUT2D eigenvalue weighted by Gasteiger charge is 2.45. The van der Waals surface area contributed by atoms with Gasteiger partial charge in [0, 0.05) is 19.6 Å². The van der Waals surface area contributed by atoms with Crippen molar-refractivity contribution in [1.29, 1.82) is 0 Å². The van der Waals surface area contributed by atoms with Crippen molar-refractivity contribution < 1.29 is 4.79 Å². The summed E-state index contributed by atoms with van der Waals surface area (Å²) in [6.07, 6.45) is 0.955. The van der Waals surface area contributed by atoms with Gasteiger partial charge in [-0.15, -0.1) is 0 Å². The third-order valence-corrected chi connectivity index (χ3v) is 3.85. The number of carbonyl (C=O) groups excluding carboxylic acids is 1. The first-order chi connectivity index (χ1) is 7.94. The molecule has 0 aromatic rings. The summed E-state index contributed by atoms with van der Waals surface area (Å²) < 4.78 is 0. The third-order valence-electron chi connectivity index (χ3n) is 3.85. The molecule has 1 unspecified atom stereocenters. The number of likely N-dealkylation sites (N-methyl/N-ethyl adjacent to an activating group) is 1. The second kappa shape index (κ2) is 5.67. The van der Waals surface area contributed by atoms with E-state index in [1.54, 1.807) is 0 Å². The van der Waals surface area contributed by atoms with Crippen molar-refractivity contribution in [1.82, 2.24) is 10.2 Å². The maximum absolute atomic E-state index is 12.7. The first-order valence-corrected chi connectivity index (χ1v) is 6.58. The van der Waals surface area contributed by atoms with Gasteiger partial charge in [-0.25, -0.2) is 0 Å². The summed E-state index contributed by atoms with van der Waals surface area (Å²) in [6.45, 7) is 15.4. The topological polar surface area (TPSA) is 32.3 Å². The van der Waals surface area contributed by atoms with Gasteiger partial charge in [0.15, 0.2) is 0 Å². The van der Waals surface area contributed by atoms with Crippen LogP contribution in [-0.2, 0) is 4.79 Å². The predicted octanol–water partition coefficient (Wildman–Crippen LogP) is 2.05. The van der Waals surface area contributed by atoms with Gasteiger partial charge in [0.2, 0.25) is 5.91 Å². The van der Waals surface area contributed by atoms with Crippen LogP contribution >= 0.6 is 0 Å². The Bertz CT molecular complexity index is 291. The molecule has 0 bridgehead atoms. The van der Waals surface area contributed by atoms with Crippen LogP contribution in [0, 0.1) is 11.3 Å². The van der Waals surface area contributed by atoms with Crippen molar-refractivity contribution in [2.75, 3.05) is 26.2 Å². The summed E-state index contributed by atoms with van der Waals surface area (Å²) >= 11 is 0. The highest BCUT2D eigenvalue weighted by atomic mass is 16.2. The number of rotatable bonds is 5. The molecule has 3 nitrogen and oxygen atoms in total. The standard InChI is InChI=1S/C14H26N2O/c1-6-16(9-11(2)3)13(17)14(12(4)5)7-8-15-10-14/h12,15H,2,6-10H2,1,3-5H3. The van der Waals surface area contributed by atoms with Gasteiger partial charge in [0.05, 0.1) is 5.41 Å². The molecule has 0 aromatic carbocycles. The first-order valence-electron chi connectivity index (χ1n) is 6.58. The largest absolute Gasteiger partial charge is 0.338 e. The van der Waals surface area contributed by atoms with Gasteiger partial charge in [-0.1, -0.05) is 26.0 Å². The van der Waals surface area contributed by atoms with Crippen molar-refractivity contribution in [2.45, 2.75) is 34.1 Å². The molecule has 1 aliphatic heterocycles. The van der Waals surface area contributed by atoms with Crippen molar-refractivity contribution in [3.05, 3.63) is 12.2 Å². The van der Waals surface area contributed by atoms with Crippen LogP contribution in [0.4, 0.5) is 0 Å². The van der Waals surface area contributed by atoms with Crippen LogP contribution in [0.3, 0.4) is 0 Å². The monoisotopic (exact) mass is 238 g/mol. The molecule has 1 amide bonds. The lowest BCUT2D eigenvalue weighted by Crippen LogP contribution is -2.48. The van der Waals surface area contributed by atoms with E-state index in [2.05, 4.69) is 25.7 Å². The summed E-state index contributed by atoms with van der Waals surface area (Å²) in [5, 5.41) is 3.34. The normalized spacial score (nSPS) is 24.1. The van der Waals surface area contributed by atoms with Crippen LogP contribution in [0.25, 0.3) is 0 Å². The fourth-order valence-electron chi connectivity index (χ4n) is 2.60. The van der Waals surface area contributed by atoms with Gasteiger partial charge in [-0.3, -0.25) is 4.79 Å². The minimum absolute atomic E-state index is 0.203. The first kappa shape index (κ1) is 14.2. The number of nitrogens with zero attached hydrogens (tertiary/aromatic N) is 1. The van der Waals surface area contributed by atoms with E-state index in [9.17, 15) is 4.79 Å². The minimum atomic E-state index is -0.203. The van der Waals surface area contributed by atoms with Crippen LogP contribution < -0.4 is 5.32 Å². The Kier molecular flexibility index (Phi) is 4.75. The van der Waals surface area contributed by atoms with E-state index < -0.39 is 0 Å². The quantitative estimate of drug-likeness (QED) is 0.743. The van der Waals surface area contributed by atoms with E-state index in [0.29, 0.717) is 18.4 Å². The van der Waals surface area contributed by atoms with Gasteiger partial charge in [-0.2, -0.15) is 0 Å². The van der Waals surface area contributed by atoms with E-state index in [-0.39, 0.29) is 5.41 Å². The van der Waals surface area contributed by atoms with Gasteiger partial charge in [-0.05, 0) is 32.7 Å². The molecule has 17 heavy (non-hydrogen) atoms. The number of hydrogen-bond acceptors (Lipinski definition) is 2. The molecular weight excluding hydrogens is 212 g/mol. The number of amides is 1. The molecule has 0 radical (unpaired) electrons. The molecule has 0 aromatic heterocycles. The maximum Gasteiger partial charge on any atom is 0.230 e. The van der Waals surface area contributed by atoms with E-state index in [1.165, 1.54) is 0 Å². The van der Waals surface area contributed by atoms with Gasteiger partial charge in [0.25, 0.3) is 0 Å². The summed E-state index contributed by atoms with van der Waals surface area (Å²) in [5.41, 5.74) is 0.843. The average molecular weight is 238 g/mol. The van der Waals surface area contributed by atoms with Crippen LogP contribution in [0.15, 0.2) is 12.2 Å². The van der Waals surface area contributed by atoms with E-state index in [1.807, 2.05) is 18.7 Å². The lowest BCUT2D eigenvalue weighted by Gasteiger charge is -2.36. The fraction of sp³-hybridized carbons (Fsp3) is 0.786. The molecule has 1 N–H and O–H groups in total. The van der Waals surface area contributed by atoms with E-state index in [4.69, 9.17) is 0 Å². The van der Waals surface area contributed by atoms with Gasteiger partial charge >= 0.3 is 0 Å². The van der Waals surface area contributed by atoms with Crippen molar-refractivity contribution in [3.63, 3.8) is 0 Å². The zero-order valence-electron chi connectivity index (χ0n) is 11.7. The van der Waals surface area contributed by atoms with Crippen molar-refractivity contribution >= 4 is 5.91 Å². The molecule has 0 spiro atoms. The Morgan fingerprint density at radius 1 is 1.53 bits per heavy atom. The SMILES string of the molecule is C=C(C)CN(CC)C(=O)C1(C(C)C)CCNC1. The Morgan fingerprint density at radius 3 is 2.53 bits per heavy atom. The molecule has 3 heteroatoms. The highest BCUT2D eigenvalue weighted by Crippen LogP contribution is 2.36. The molecule has 1 heterocycles. The highest BCUT2D eigenvalue weighted by molar-refractivity contribution is 5.84. The predicted molar refractivity (Wildman–Crippen MR) is 71.8 cm³/mol. The van der Waals surface area contributed by atoms with Crippen molar-refractivity contribution in [2.24, 2.45) is 11.3 Å². The fourth-order valence-corrected chi connectivity index (χ4v) is 2.60. The minimum Gasteiger partial charge on any atom is -0.338 e. The van der Waals surface area contributed by atoms with Gasteiger partial charge in [0.1, 0.15) is 0 Å². The zero-order valence-corrected chi connectivity index (χ0v) is 11.7. The third kappa shape index (κ3) is 2.89. The van der Waals surface area contributed by atoms with Gasteiger partial charge < -0.3 is 10.2 Å². The number of hydrogen-bond donors (Lipinski definition) is 1. The van der Waals surface area contributed by atoms with Crippen LogP contribution in [0.5, 0.6) is 0 Å². The molecule has 0 aliphatic carbocycles. The van der Waals surface area contributed by atoms with E-state index >= 15 is 0 Å². The average Bonchev–Trinajstić information content (AvgIpc) is 2.74. The molecule has 98 valence electrons. The molecule has 1 atom stereocenters.